The Hall–Kier alpha value is -1.68. The minimum absolute atomic E-state index is 0.00635. The van der Waals surface area contributed by atoms with Crippen molar-refractivity contribution in [2.24, 2.45) is 5.92 Å². The van der Waals surface area contributed by atoms with E-state index in [9.17, 15) is 4.79 Å². The van der Waals surface area contributed by atoms with Crippen molar-refractivity contribution in [2.75, 3.05) is 0 Å². The second-order valence-corrected chi connectivity index (χ2v) is 5.31. The third kappa shape index (κ3) is 2.96. The fourth-order valence-corrected chi connectivity index (χ4v) is 2.36. The van der Waals surface area contributed by atoms with Gasteiger partial charge in [-0.05, 0) is 23.1 Å². The van der Waals surface area contributed by atoms with Crippen LogP contribution in [-0.2, 0) is 11.3 Å². The van der Waals surface area contributed by atoms with Crippen LogP contribution in [0.4, 0.5) is 0 Å². The lowest BCUT2D eigenvalue weighted by molar-refractivity contribution is -0.124. The molecular formula is C14H16N2OS. The van der Waals surface area contributed by atoms with E-state index in [2.05, 4.69) is 10.3 Å². The van der Waals surface area contributed by atoms with Crippen molar-refractivity contribution in [1.29, 1.82) is 0 Å². The number of nitrogens with zero attached hydrogens (tertiary/aromatic N) is 1. The highest BCUT2D eigenvalue weighted by Gasteiger charge is 2.10. The van der Waals surface area contributed by atoms with Gasteiger partial charge >= 0.3 is 0 Å². The van der Waals surface area contributed by atoms with E-state index >= 15 is 0 Å². The highest BCUT2D eigenvalue weighted by molar-refractivity contribution is 7.13. The number of carbonyl (C=O) groups is 1. The van der Waals surface area contributed by atoms with Crippen molar-refractivity contribution < 1.29 is 4.79 Å². The molecule has 0 bridgehead atoms. The van der Waals surface area contributed by atoms with Crippen LogP contribution < -0.4 is 5.32 Å². The molecule has 2 heterocycles. The largest absolute Gasteiger partial charge is 0.352 e. The molecule has 0 saturated heterocycles. The summed E-state index contributed by atoms with van der Waals surface area (Å²) in [4.78, 5) is 17.1. The topological polar surface area (TPSA) is 42.0 Å². The van der Waals surface area contributed by atoms with Crippen LogP contribution in [0.15, 0.2) is 35.8 Å². The number of amides is 1. The molecular weight excluding hydrogens is 244 g/mol. The zero-order valence-electron chi connectivity index (χ0n) is 10.5. The van der Waals surface area contributed by atoms with Crippen molar-refractivity contribution in [3.8, 4) is 10.6 Å². The molecule has 0 radical (unpaired) electrons. The summed E-state index contributed by atoms with van der Waals surface area (Å²) in [6.07, 6.45) is 1.78. The molecule has 4 heteroatoms. The average molecular weight is 260 g/mol. The number of pyridine rings is 1. The Labute approximate surface area is 111 Å². The van der Waals surface area contributed by atoms with E-state index in [4.69, 9.17) is 0 Å². The maximum absolute atomic E-state index is 11.6. The van der Waals surface area contributed by atoms with Crippen LogP contribution in [0, 0.1) is 5.92 Å². The van der Waals surface area contributed by atoms with Gasteiger partial charge in [0.15, 0.2) is 0 Å². The minimum atomic E-state index is 0.00635. The van der Waals surface area contributed by atoms with Crippen molar-refractivity contribution >= 4 is 17.2 Å². The van der Waals surface area contributed by atoms with E-state index in [1.54, 1.807) is 17.5 Å². The molecule has 18 heavy (non-hydrogen) atoms. The fourth-order valence-electron chi connectivity index (χ4n) is 1.60. The SMILES string of the molecule is CC(C)C(=O)NCc1cccnc1-c1cccs1. The zero-order chi connectivity index (χ0) is 13.0. The number of rotatable bonds is 4. The Morgan fingerprint density at radius 1 is 1.39 bits per heavy atom. The first-order chi connectivity index (χ1) is 8.68. The first-order valence-electron chi connectivity index (χ1n) is 5.94. The molecule has 0 fully saturated rings. The molecule has 0 atom stereocenters. The Kier molecular flexibility index (Phi) is 4.10. The van der Waals surface area contributed by atoms with Gasteiger partial charge in [-0.15, -0.1) is 11.3 Å². The van der Waals surface area contributed by atoms with E-state index in [0.717, 1.165) is 16.1 Å². The predicted molar refractivity (Wildman–Crippen MR) is 74.2 cm³/mol. The van der Waals surface area contributed by atoms with Gasteiger partial charge in [0.2, 0.25) is 5.91 Å². The fraction of sp³-hybridized carbons (Fsp3) is 0.286. The lowest BCUT2D eigenvalue weighted by atomic mass is 10.1. The number of aromatic nitrogens is 1. The Morgan fingerprint density at radius 3 is 2.89 bits per heavy atom. The summed E-state index contributed by atoms with van der Waals surface area (Å²) in [6.45, 7) is 4.30. The summed E-state index contributed by atoms with van der Waals surface area (Å²) in [5, 5.41) is 4.95. The monoisotopic (exact) mass is 260 g/mol. The molecule has 1 amide bonds. The summed E-state index contributed by atoms with van der Waals surface area (Å²) in [5.41, 5.74) is 2.01. The van der Waals surface area contributed by atoms with Crippen molar-refractivity contribution in [3.63, 3.8) is 0 Å². The highest BCUT2D eigenvalue weighted by atomic mass is 32.1. The third-order valence-corrected chi connectivity index (χ3v) is 3.50. The molecule has 0 unspecified atom stereocenters. The van der Waals surface area contributed by atoms with Crippen LogP contribution in [0.2, 0.25) is 0 Å². The van der Waals surface area contributed by atoms with E-state index < -0.39 is 0 Å². The lowest BCUT2D eigenvalue weighted by Crippen LogP contribution is -2.27. The summed E-state index contributed by atoms with van der Waals surface area (Å²) >= 11 is 1.66. The predicted octanol–water partition coefficient (Wildman–Crippen LogP) is 3.08. The molecule has 0 aromatic carbocycles. The number of hydrogen-bond acceptors (Lipinski definition) is 3. The average Bonchev–Trinajstić information content (AvgIpc) is 2.89. The second kappa shape index (κ2) is 5.78. The highest BCUT2D eigenvalue weighted by Crippen LogP contribution is 2.25. The maximum Gasteiger partial charge on any atom is 0.222 e. The van der Waals surface area contributed by atoms with Gasteiger partial charge in [0.25, 0.3) is 0 Å². The molecule has 0 spiro atoms. The molecule has 0 saturated carbocycles. The molecule has 3 nitrogen and oxygen atoms in total. The van der Waals surface area contributed by atoms with Gasteiger partial charge in [0, 0.05) is 18.7 Å². The van der Waals surface area contributed by atoms with Crippen LogP contribution in [0.3, 0.4) is 0 Å². The molecule has 0 aliphatic carbocycles. The molecule has 1 N–H and O–H groups in total. The molecule has 0 aliphatic rings. The van der Waals surface area contributed by atoms with Gasteiger partial charge in [0.1, 0.15) is 0 Å². The Balaban J connectivity index is 2.16. The number of nitrogens with one attached hydrogen (secondary N) is 1. The first kappa shape index (κ1) is 12.8. The number of hydrogen-bond donors (Lipinski definition) is 1. The number of carbonyl (C=O) groups excluding carboxylic acids is 1. The smallest absolute Gasteiger partial charge is 0.222 e. The molecule has 2 aromatic rings. The quantitative estimate of drug-likeness (QED) is 0.918. The second-order valence-electron chi connectivity index (χ2n) is 4.36. The van der Waals surface area contributed by atoms with E-state index in [1.165, 1.54) is 0 Å². The van der Waals surface area contributed by atoms with Gasteiger partial charge in [0.05, 0.1) is 10.6 Å². The van der Waals surface area contributed by atoms with Crippen LogP contribution in [0.1, 0.15) is 19.4 Å². The van der Waals surface area contributed by atoms with Crippen LogP contribution in [-0.4, -0.2) is 10.9 Å². The molecule has 94 valence electrons. The van der Waals surface area contributed by atoms with Crippen molar-refractivity contribution in [2.45, 2.75) is 20.4 Å². The normalized spacial score (nSPS) is 10.6. The molecule has 2 rings (SSSR count). The Bertz CT molecular complexity index is 520. The zero-order valence-corrected chi connectivity index (χ0v) is 11.3. The maximum atomic E-state index is 11.6. The lowest BCUT2D eigenvalue weighted by Gasteiger charge is -2.10. The van der Waals surface area contributed by atoms with Crippen molar-refractivity contribution in [3.05, 3.63) is 41.4 Å². The van der Waals surface area contributed by atoms with Gasteiger partial charge < -0.3 is 5.32 Å². The van der Waals surface area contributed by atoms with Crippen LogP contribution >= 0.6 is 11.3 Å². The van der Waals surface area contributed by atoms with Crippen LogP contribution in [0.5, 0.6) is 0 Å². The summed E-state index contributed by atoms with van der Waals surface area (Å²) in [6, 6.07) is 7.95. The molecule has 2 aromatic heterocycles. The standard InChI is InChI=1S/C14H16N2OS/c1-10(2)14(17)16-9-11-5-3-7-15-13(11)12-6-4-8-18-12/h3-8,10H,9H2,1-2H3,(H,16,17). The van der Waals surface area contributed by atoms with Crippen LogP contribution in [0.25, 0.3) is 10.6 Å². The van der Waals surface area contributed by atoms with Gasteiger partial charge in [-0.25, -0.2) is 0 Å². The summed E-state index contributed by atoms with van der Waals surface area (Å²) < 4.78 is 0. The number of thiophene rings is 1. The van der Waals surface area contributed by atoms with Gasteiger partial charge in [-0.3, -0.25) is 9.78 Å². The van der Waals surface area contributed by atoms with Gasteiger partial charge in [-0.1, -0.05) is 26.0 Å². The molecule has 0 aliphatic heterocycles. The van der Waals surface area contributed by atoms with Gasteiger partial charge in [-0.2, -0.15) is 0 Å². The van der Waals surface area contributed by atoms with Crippen molar-refractivity contribution in [1.82, 2.24) is 10.3 Å². The summed E-state index contributed by atoms with van der Waals surface area (Å²) in [5.74, 6) is 0.0721. The minimum Gasteiger partial charge on any atom is -0.352 e. The summed E-state index contributed by atoms with van der Waals surface area (Å²) in [7, 11) is 0. The van der Waals surface area contributed by atoms with E-state index in [0.29, 0.717) is 6.54 Å². The Morgan fingerprint density at radius 2 is 2.22 bits per heavy atom. The first-order valence-corrected chi connectivity index (χ1v) is 6.82. The third-order valence-electron chi connectivity index (χ3n) is 2.62. The van der Waals surface area contributed by atoms with E-state index in [-0.39, 0.29) is 11.8 Å². The van der Waals surface area contributed by atoms with E-state index in [1.807, 2.05) is 43.5 Å².